The van der Waals surface area contributed by atoms with Crippen LogP contribution in [-0.2, 0) is 9.53 Å². The van der Waals surface area contributed by atoms with Gasteiger partial charge in [0.2, 0.25) is 11.7 Å². The highest BCUT2D eigenvalue weighted by Crippen LogP contribution is 2.17. The van der Waals surface area contributed by atoms with Crippen LogP contribution >= 0.6 is 0 Å². The molecule has 144 valence electrons. The molecule has 0 unspecified atom stereocenters. The lowest BCUT2D eigenvalue weighted by molar-refractivity contribution is -0.140. The van der Waals surface area contributed by atoms with Crippen molar-refractivity contribution in [2.24, 2.45) is 0 Å². The number of carbonyl (C=O) groups excluding carboxylic acids is 2. The molecular formula is C20H15F2NO5. The molecule has 3 aromatic rings. The summed E-state index contributed by atoms with van der Waals surface area (Å²) in [6, 6.07) is 12.2. The zero-order chi connectivity index (χ0) is 20.1. The lowest BCUT2D eigenvalue weighted by Gasteiger charge is -2.11. The van der Waals surface area contributed by atoms with Gasteiger partial charge in [-0.05, 0) is 43.3 Å². The highest BCUT2D eigenvalue weighted by Gasteiger charge is 2.19. The molecular weight excluding hydrogens is 372 g/mol. The molecule has 0 aliphatic rings. The number of hydrogen-bond donors (Lipinski definition) is 0. The topological polar surface area (TPSA) is 78.6 Å². The molecule has 8 heteroatoms. The summed E-state index contributed by atoms with van der Waals surface area (Å²) in [5, 5.41) is 0. The summed E-state index contributed by atoms with van der Waals surface area (Å²) in [6.45, 7) is -1.54. The molecule has 0 aliphatic carbocycles. The van der Waals surface area contributed by atoms with E-state index in [0.29, 0.717) is 11.1 Å². The predicted molar refractivity (Wildman–Crippen MR) is 96.0 cm³/mol. The summed E-state index contributed by atoms with van der Waals surface area (Å²) in [5.74, 6) is -1.07. The molecule has 0 radical (unpaired) electrons. The Morgan fingerprint density at radius 2 is 1.82 bits per heavy atom. The number of para-hydroxylation sites is 2. The molecule has 3 rings (SSSR count). The van der Waals surface area contributed by atoms with Crippen molar-refractivity contribution in [1.29, 1.82) is 0 Å². The summed E-state index contributed by atoms with van der Waals surface area (Å²) in [6.07, 6.45) is 1.38. The van der Waals surface area contributed by atoms with Gasteiger partial charge in [-0.1, -0.05) is 12.1 Å². The van der Waals surface area contributed by atoms with E-state index in [4.69, 9.17) is 9.15 Å². The Kier molecular flexibility index (Phi) is 5.78. The Hall–Kier alpha value is -3.55. The number of ether oxygens (including phenoxy) is 2. The van der Waals surface area contributed by atoms with E-state index in [1.54, 1.807) is 18.2 Å². The molecule has 28 heavy (non-hydrogen) atoms. The van der Waals surface area contributed by atoms with Crippen molar-refractivity contribution in [3.05, 3.63) is 66.1 Å². The first-order valence-corrected chi connectivity index (χ1v) is 8.26. The number of oxazole rings is 1. The molecule has 0 N–H and O–H groups in total. The zero-order valence-electron chi connectivity index (χ0n) is 14.7. The fourth-order valence-corrected chi connectivity index (χ4v) is 2.40. The van der Waals surface area contributed by atoms with Gasteiger partial charge < -0.3 is 13.9 Å². The van der Waals surface area contributed by atoms with Crippen molar-refractivity contribution in [2.45, 2.75) is 19.6 Å². The number of aromatic nitrogens is 1. The first kappa shape index (κ1) is 19.2. The molecule has 2 aromatic carbocycles. The standard InChI is InChI=1S/C20H15F2NO5/c1-12(19(25)13-6-8-14(9-7-13)27-20(21)22)26-18(24)11-10-17-23-15-4-2-3-5-16(15)28-17/h2-12,20H,1H3/b11-10+/t12-/m0/s1. The Morgan fingerprint density at radius 3 is 2.50 bits per heavy atom. The van der Waals surface area contributed by atoms with Crippen LogP contribution in [0.1, 0.15) is 23.2 Å². The molecule has 0 saturated heterocycles. The monoisotopic (exact) mass is 387 g/mol. The van der Waals surface area contributed by atoms with E-state index in [-0.39, 0.29) is 17.2 Å². The van der Waals surface area contributed by atoms with Gasteiger partial charge in [0.1, 0.15) is 11.3 Å². The number of halogens is 2. The summed E-state index contributed by atoms with van der Waals surface area (Å²) in [7, 11) is 0. The largest absolute Gasteiger partial charge is 0.451 e. The Morgan fingerprint density at radius 1 is 1.11 bits per heavy atom. The average molecular weight is 387 g/mol. The van der Waals surface area contributed by atoms with Gasteiger partial charge in [-0.15, -0.1) is 0 Å². The number of hydrogen-bond acceptors (Lipinski definition) is 6. The highest BCUT2D eigenvalue weighted by molar-refractivity contribution is 6.01. The van der Waals surface area contributed by atoms with Crippen molar-refractivity contribution in [3.8, 4) is 5.75 Å². The first-order chi connectivity index (χ1) is 13.4. The van der Waals surface area contributed by atoms with Gasteiger partial charge >= 0.3 is 12.6 Å². The quantitative estimate of drug-likeness (QED) is 0.342. The molecule has 0 amide bonds. The van der Waals surface area contributed by atoms with Crippen LogP contribution in [0, 0.1) is 0 Å². The number of fused-ring (bicyclic) bond motifs is 1. The summed E-state index contributed by atoms with van der Waals surface area (Å²) >= 11 is 0. The van der Waals surface area contributed by atoms with Crippen LogP contribution in [0.5, 0.6) is 5.75 Å². The minimum atomic E-state index is -2.95. The van der Waals surface area contributed by atoms with Crippen molar-refractivity contribution in [3.63, 3.8) is 0 Å². The van der Waals surface area contributed by atoms with E-state index in [1.807, 2.05) is 6.07 Å². The van der Waals surface area contributed by atoms with Gasteiger partial charge in [0.05, 0.1) is 0 Å². The van der Waals surface area contributed by atoms with Crippen molar-refractivity contribution < 1.29 is 32.3 Å². The first-order valence-electron chi connectivity index (χ1n) is 8.26. The van der Waals surface area contributed by atoms with E-state index in [2.05, 4.69) is 9.72 Å². The molecule has 0 spiro atoms. The fraction of sp³-hybridized carbons (Fsp3) is 0.150. The molecule has 0 aliphatic heterocycles. The van der Waals surface area contributed by atoms with Crippen LogP contribution in [0.4, 0.5) is 8.78 Å². The van der Waals surface area contributed by atoms with Crippen LogP contribution in [0.25, 0.3) is 17.2 Å². The van der Waals surface area contributed by atoms with Gasteiger partial charge in [-0.2, -0.15) is 8.78 Å². The van der Waals surface area contributed by atoms with E-state index >= 15 is 0 Å². The Balaban J connectivity index is 1.59. The third-order valence-corrected chi connectivity index (χ3v) is 3.70. The van der Waals surface area contributed by atoms with Gasteiger partial charge in [-0.25, -0.2) is 9.78 Å². The smallest absolute Gasteiger partial charge is 0.387 e. The molecule has 1 atom stereocenters. The molecule has 0 fully saturated rings. The van der Waals surface area contributed by atoms with Crippen LogP contribution in [0.3, 0.4) is 0 Å². The SMILES string of the molecule is C[C@H](OC(=O)/C=C/c1nc2ccccc2o1)C(=O)c1ccc(OC(F)F)cc1. The number of alkyl halides is 2. The summed E-state index contributed by atoms with van der Waals surface area (Å²) in [4.78, 5) is 28.4. The summed E-state index contributed by atoms with van der Waals surface area (Å²) < 4.78 is 39.0. The number of ketones is 1. The van der Waals surface area contributed by atoms with Gasteiger partial charge in [0, 0.05) is 17.7 Å². The van der Waals surface area contributed by atoms with Gasteiger partial charge in [0.15, 0.2) is 11.7 Å². The molecule has 0 saturated carbocycles. The van der Waals surface area contributed by atoms with Gasteiger partial charge in [-0.3, -0.25) is 4.79 Å². The highest BCUT2D eigenvalue weighted by atomic mass is 19.3. The normalized spacial score (nSPS) is 12.4. The van der Waals surface area contributed by atoms with Crippen molar-refractivity contribution in [1.82, 2.24) is 4.98 Å². The maximum Gasteiger partial charge on any atom is 0.387 e. The number of carbonyl (C=O) groups is 2. The Labute approximate surface area is 158 Å². The van der Waals surface area contributed by atoms with Gasteiger partial charge in [0.25, 0.3) is 0 Å². The Bertz CT molecular complexity index is 978. The van der Waals surface area contributed by atoms with E-state index in [1.165, 1.54) is 37.3 Å². The molecule has 1 aromatic heterocycles. The predicted octanol–water partition coefficient (Wildman–Crippen LogP) is 4.26. The van der Waals surface area contributed by atoms with E-state index < -0.39 is 24.5 Å². The minimum absolute atomic E-state index is 0.0718. The van der Waals surface area contributed by atoms with Crippen LogP contribution in [0.2, 0.25) is 0 Å². The van der Waals surface area contributed by atoms with E-state index in [0.717, 1.165) is 6.08 Å². The number of esters is 1. The fourth-order valence-electron chi connectivity index (χ4n) is 2.40. The van der Waals surface area contributed by atoms with Crippen molar-refractivity contribution >= 4 is 28.9 Å². The second kappa shape index (κ2) is 8.43. The summed E-state index contributed by atoms with van der Waals surface area (Å²) in [5.41, 5.74) is 1.43. The maximum atomic E-state index is 12.3. The van der Waals surface area contributed by atoms with Crippen molar-refractivity contribution in [2.75, 3.05) is 0 Å². The van der Waals surface area contributed by atoms with E-state index in [9.17, 15) is 18.4 Å². The van der Waals surface area contributed by atoms with Crippen LogP contribution < -0.4 is 4.74 Å². The molecule has 1 heterocycles. The third kappa shape index (κ3) is 4.79. The second-order valence-corrected chi connectivity index (χ2v) is 5.70. The zero-order valence-corrected chi connectivity index (χ0v) is 14.7. The minimum Gasteiger partial charge on any atom is -0.451 e. The molecule has 6 nitrogen and oxygen atoms in total. The number of rotatable bonds is 7. The lowest BCUT2D eigenvalue weighted by atomic mass is 10.1. The molecule has 0 bridgehead atoms. The number of Topliss-reactive ketones (excluding diaryl/α,β-unsaturated/α-hetero) is 1. The van der Waals surface area contributed by atoms with Crippen LogP contribution in [0.15, 0.2) is 59.0 Å². The third-order valence-electron chi connectivity index (χ3n) is 3.70. The second-order valence-electron chi connectivity index (χ2n) is 5.70. The van der Waals surface area contributed by atoms with Crippen LogP contribution in [-0.4, -0.2) is 29.5 Å². The maximum absolute atomic E-state index is 12.3. The number of nitrogens with zero attached hydrogens (tertiary/aromatic N) is 1. The number of benzene rings is 2. The lowest BCUT2D eigenvalue weighted by Crippen LogP contribution is -2.23. The average Bonchev–Trinajstić information content (AvgIpc) is 3.09.